The number of phenolic OH excluding ortho intramolecular Hbond substituents is 2. The van der Waals surface area contributed by atoms with Gasteiger partial charge in [0.05, 0.1) is 0 Å². The Kier molecular flexibility index (Phi) is 8.48. The Bertz CT molecular complexity index is 353. The van der Waals surface area contributed by atoms with Crippen molar-refractivity contribution in [1.29, 1.82) is 0 Å². The molecule has 1 aromatic carbocycles. The second kappa shape index (κ2) is 9.96. The lowest BCUT2D eigenvalue weighted by Gasteiger charge is -2.06. The summed E-state index contributed by atoms with van der Waals surface area (Å²) in [6.07, 6.45) is 10.6. The number of phenols is 2. The molecule has 0 saturated carbocycles. The Morgan fingerprint density at radius 1 is 0.789 bits per heavy atom. The molecule has 0 bridgehead atoms. The fourth-order valence-electron chi connectivity index (χ4n) is 2.25. The molecule has 0 radical (unpaired) electrons. The van der Waals surface area contributed by atoms with E-state index in [1.54, 1.807) is 6.07 Å². The van der Waals surface area contributed by atoms with Gasteiger partial charge < -0.3 is 10.2 Å². The summed E-state index contributed by atoms with van der Waals surface area (Å²) < 4.78 is 0. The number of unbranched alkanes of at least 4 members (excludes halogenated alkanes) is 7. The molecule has 0 unspecified atom stereocenters. The third-order valence-corrected chi connectivity index (χ3v) is 3.70. The lowest BCUT2D eigenvalue weighted by atomic mass is 10.0. The number of benzene rings is 1. The largest absolute Gasteiger partial charge is 0.504 e. The fraction of sp³-hybridized carbons (Fsp3) is 0.625. The molecule has 19 heavy (non-hydrogen) atoms. The molecule has 3 heteroatoms. The van der Waals surface area contributed by atoms with Crippen LogP contribution in [0.15, 0.2) is 18.2 Å². The summed E-state index contributed by atoms with van der Waals surface area (Å²) in [6, 6.07) is 5.17. The maximum Gasteiger partial charge on any atom is 0.160 e. The number of halogens is 1. The smallest absolute Gasteiger partial charge is 0.160 e. The van der Waals surface area contributed by atoms with Crippen molar-refractivity contribution in [2.75, 3.05) is 5.88 Å². The molecule has 0 saturated heterocycles. The van der Waals surface area contributed by atoms with Gasteiger partial charge in [0.1, 0.15) is 0 Å². The zero-order valence-corrected chi connectivity index (χ0v) is 12.3. The van der Waals surface area contributed by atoms with Crippen molar-refractivity contribution in [3.8, 4) is 11.5 Å². The van der Waals surface area contributed by atoms with Crippen LogP contribution < -0.4 is 0 Å². The number of alkyl halides is 1. The predicted octanol–water partition coefficient (Wildman–Crippen LogP) is 5.00. The van der Waals surface area contributed by atoms with Gasteiger partial charge in [-0.05, 0) is 30.9 Å². The molecule has 2 nitrogen and oxygen atoms in total. The zero-order valence-electron chi connectivity index (χ0n) is 11.6. The summed E-state index contributed by atoms with van der Waals surface area (Å²) in [5.74, 6) is 0.813. The van der Waals surface area contributed by atoms with E-state index in [9.17, 15) is 10.2 Å². The van der Waals surface area contributed by atoms with Crippen LogP contribution in [-0.2, 0) is 6.42 Å². The Balaban J connectivity index is 2.03. The molecule has 0 fully saturated rings. The standard InChI is InChI=1S/C16H25ClO2/c17-13-8-6-4-2-1-3-5-7-10-14-11-9-12-15(18)16(14)19/h9,11-12,18-19H,1-8,10,13H2. The van der Waals surface area contributed by atoms with Gasteiger partial charge in [-0.25, -0.2) is 0 Å². The molecule has 0 aliphatic carbocycles. The monoisotopic (exact) mass is 284 g/mol. The molecule has 1 rings (SSSR count). The van der Waals surface area contributed by atoms with Gasteiger partial charge in [-0.15, -0.1) is 11.6 Å². The molecule has 0 spiro atoms. The van der Waals surface area contributed by atoms with E-state index < -0.39 is 0 Å². The third-order valence-electron chi connectivity index (χ3n) is 3.43. The number of para-hydroxylation sites is 1. The first-order valence-corrected chi connectivity index (χ1v) is 7.85. The van der Waals surface area contributed by atoms with Crippen LogP contribution in [0.25, 0.3) is 0 Å². The second-order valence-electron chi connectivity index (χ2n) is 5.05. The minimum Gasteiger partial charge on any atom is -0.504 e. The lowest BCUT2D eigenvalue weighted by Crippen LogP contribution is -1.88. The Labute approximate surface area is 121 Å². The topological polar surface area (TPSA) is 40.5 Å². The van der Waals surface area contributed by atoms with Gasteiger partial charge in [-0.1, -0.05) is 50.7 Å². The van der Waals surface area contributed by atoms with E-state index >= 15 is 0 Å². The van der Waals surface area contributed by atoms with E-state index in [1.807, 2.05) is 6.07 Å². The number of hydrogen-bond acceptors (Lipinski definition) is 2. The van der Waals surface area contributed by atoms with Gasteiger partial charge in [-0.3, -0.25) is 0 Å². The first kappa shape index (κ1) is 16.2. The van der Waals surface area contributed by atoms with Crippen molar-refractivity contribution in [2.45, 2.75) is 57.8 Å². The second-order valence-corrected chi connectivity index (χ2v) is 5.43. The molecule has 0 atom stereocenters. The van der Waals surface area contributed by atoms with E-state index in [4.69, 9.17) is 11.6 Å². The summed E-state index contributed by atoms with van der Waals surface area (Å²) >= 11 is 5.63. The molecule has 108 valence electrons. The van der Waals surface area contributed by atoms with Gasteiger partial charge in [0.15, 0.2) is 11.5 Å². The number of hydrogen-bond donors (Lipinski definition) is 2. The minimum absolute atomic E-state index is 0.0169. The SMILES string of the molecule is Oc1cccc(CCCCCCCCCCCl)c1O. The molecule has 0 amide bonds. The molecule has 0 heterocycles. The summed E-state index contributed by atoms with van der Waals surface area (Å²) in [5, 5.41) is 19.0. The molecule has 0 aromatic heterocycles. The first-order valence-electron chi connectivity index (χ1n) is 7.31. The van der Waals surface area contributed by atoms with E-state index in [0.717, 1.165) is 30.7 Å². The van der Waals surface area contributed by atoms with Crippen LogP contribution in [0.4, 0.5) is 0 Å². The Hall–Kier alpha value is -0.890. The highest BCUT2D eigenvalue weighted by molar-refractivity contribution is 6.17. The van der Waals surface area contributed by atoms with E-state index in [0.29, 0.717) is 0 Å². The van der Waals surface area contributed by atoms with Crippen molar-refractivity contribution in [3.63, 3.8) is 0 Å². The Morgan fingerprint density at radius 3 is 2.00 bits per heavy atom. The number of aryl methyl sites for hydroxylation is 1. The van der Waals surface area contributed by atoms with E-state index in [1.165, 1.54) is 44.6 Å². The normalized spacial score (nSPS) is 10.8. The molecule has 0 aliphatic heterocycles. The fourth-order valence-corrected chi connectivity index (χ4v) is 2.44. The lowest BCUT2D eigenvalue weighted by molar-refractivity contribution is 0.398. The van der Waals surface area contributed by atoms with Crippen LogP contribution in [-0.4, -0.2) is 16.1 Å². The predicted molar refractivity (Wildman–Crippen MR) is 81.1 cm³/mol. The molecule has 1 aromatic rings. The highest BCUT2D eigenvalue weighted by atomic mass is 35.5. The van der Waals surface area contributed by atoms with Crippen LogP contribution in [0.1, 0.15) is 56.9 Å². The first-order chi connectivity index (χ1) is 9.25. The van der Waals surface area contributed by atoms with Crippen molar-refractivity contribution in [1.82, 2.24) is 0 Å². The average Bonchev–Trinajstić information content (AvgIpc) is 2.41. The maximum absolute atomic E-state index is 9.66. The molecule has 2 N–H and O–H groups in total. The molecule has 0 aliphatic rings. The van der Waals surface area contributed by atoms with Gasteiger partial charge >= 0.3 is 0 Å². The summed E-state index contributed by atoms with van der Waals surface area (Å²) in [6.45, 7) is 0. The van der Waals surface area contributed by atoms with Gasteiger partial charge in [0.25, 0.3) is 0 Å². The summed E-state index contributed by atoms with van der Waals surface area (Å²) in [4.78, 5) is 0. The summed E-state index contributed by atoms with van der Waals surface area (Å²) in [5.41, 5.74) is 0.849. The quantitative estimate of drug-likeness (QED) is 0.361. The Morgan fingerprint density at radius 2 is 1.37 bits per heavy atom. The van der Waals surface area contributed by atoms with Crippen molar-refractivity contribution >= 4 is 11.6 Å². The van der Waals surface area contributed by atoms with Crippen LogP contribution in [0.5, 0.6) is 11.5 Å². The molecular formula is C16H25ClO2. The van der Waals surface area contributed by atoms with Gasteiger partial charge in [-0.2, -0.15) is 0 Å². The third kappa shape index (κ3) is 6.72. The highest BCUT2D eigenvalue weighted by Crippen LogP contribution is 2.29. The molecular weight excluding hydrogens is 260 g/mol. The van der Waals surface area contributed by atoms with Crippen molar-refractivity contribution in [3.05, 3.63) is 23.8 Å². The average molecular weight is 285 g/mol. The zero-order chi connectivity index (χ0) is 13.9. The van der Waals surface area contributed by atoms with E-state index in [2.05, 4.69) is 0 Å². The number of rotatable bonds is 10. The summed E-state index contributed by atoms with van der Waals surface area (Å²) in [7, 11) is 0. The van der Waals surface area contributed by atoms with Crippen LogP contribution >= 0.6 is 11.6 Å². The minimum atomic E-state index is -0.0169. The van der Waals surface area contributed by atoms with Crippen molar-refractivity contribution in [2.24, 2.45) is 0 Å². The van der Waals surface area contributed by atoms with Crippen LogP contribution in [0, 0.1) is 0 Å². The van der Waals surface area contributed by atoms with Crippen molar-refractivity contribution < 1.29 is 10.2 Å². The van der Waals surface area contributed by atoms with Gasteiger partial charge in [0, 0.05) is 5.88 Å². The van der Waals surface area contributed by atoms with E-state index in [-0.39, 0.29) is 11.5 Å². The highest BCUT2D eigenvalue weighted by Gasteiger charge is 2.04. The maximum atomic E-state index is 9.66. The number of aromatic hydroxyl groups is 2. The van der Waals surface area contributed by atoms with Crippen LogP contribution in [0.2, 0.25) is 0 Å². The van der Waals surface area contributed by atoms with Gasteiger partial charge in [0.2, 0.25) is 0 Å². The van der Waals surface area contributed by atoms with Crippen LogP contribution in [0.3, 0.4) is 0 Å².